The molecule has 0 aromatic carbocycles. The van der Waals surface area contributed by atoms with Crippen molar-refractivity contribution in [1.82, 2.24) is 10.3 Å². The molecule has 0 bridgehead atoms. The predicted molar refractivity (Wildman–Crippen MR) is 70.2 cm³/mol. The average Bonchev–Trinajstić information content (AvgIpc) is 2.81. The van der Waals surface area contributed by atoms with Crippen LogP contribution < -0.4 is 10.2 Å². The molecular formula is C11H15ClN4O2. The van der Waals surface area contributed by atoms with Gasteiger partial charge in [-0.05, 0) is 19.4 Å². The fraction of sp³-hybridized carbons (Fsp3) is 0.545. The van der Waals surface area contributed by atoms with Gasteiger partial charge in [-0.25, -0.2) is 4.98 Å². The summed E-state index contributed by atoms with van der Waals surface area (Å²) in [5.74, 6) is 0.359. The Labute approximate surface area is 110 Å². The Morgan fingerprint density at radius 1 is 1.72 bits per heavy atom. The SMILES string of the molecule is CN(CC1CCCN1)c1ncc(Cl)cc1[N+](=O)[O-]. The second-order valence-electron chi connectivity index (χ2n) is 4.43. The molecule has 98 valence electrons. The van der Waals surface area contributed by atoms with E-state index in [0.29, 0.717) is 18.4 Å². The largest absolute Gasteiger partial charge is 0.352 e. The Balaban J connectivity index is 2.17. The minimum Gasteiger partial charge on any atom is -0.352 e. The maximum absolute atomic E-state index is 11.0. The second kappa shape index (κ2) is 5.49. The number of rotatable bonds is 4. The van der Waals surface area contributed by atoms with Crippen molar-refractivity contribution in [3.8, 4) is 0 Å². The van der Waals surface area contributed by atoms with Crippen molar-refractivity contribution >= 4 is 23.1 Å². The fourth-order valence-corrected chi connectivity index (χ4v) is 2.33. The molecule has 0 spiro atoms. The van der Waals surface area contributed by atoms with E-state index in [1.807, 2.05) is 7.05 Å². The molecule has 0 radical (unpaired) electrons. The number of likely N-dealkylation sites (N-methyl/N-ethyl adjacent to an activating group) is 1. The van der Waals surface area contributed by atoms with Gasteiger partial charge in [-0.15, -0.1) is 0 Å². The Kier molecular flexibility index (Phi) is 3.98. The molecule has 1 aromatic heterocycles. The van der Waals surface area contributed by atoms with Gasteiger partial charge in [-0.1, -0.05) is 11.6 Å². The lowest BCUT2D eigenvalue weighted by Gasteiger charge is -2.21. The van der Waals surface area contributed by atoms with E-state index in [9.17, 15) is 10.1 Å². The molecule has 1 atom stereocenters. The third-order valence-electron chi connectivity index (χ3n) is 3.03. The van der Waals surface area contributed by atoms with E-state index in [4.69, 9.17) is 11.6 Å². The number of anilines is 1. The molecule has 1 saturated heterocycles. The molecule has 1 aliphatic rings. The summed E-state index contributed by atoms with van der Waals surface area (Å²) >= 11 is 5.74. The molecule has 0 aliphatic carbocycles. The molecule has 1 aromatic rings. The Bertz CT molecular complexity index is 449. The van der Waals surface area contributed by atoms with Crippen molar-refractivity contribution in [3.05, 3.63) is 27.4 Å². The average molecular weight is 271 g/mol. The standard InChI is InChI=1S/C11H15ClN4O2/c1-15(7-9-3-2-4-13-9)11-10(16(17)18)5-8(12)6-14-11/h5-6,9,13H,2-4,7H2,1H3. The first-order chi connectivity index (χ1) is 8.58. The number of nitro groups is 1. The normalized spacial score (nSPS) is 18.9. The van der Waals surface area contributed by atoms with Gasteiger partial charge < -0.3 is 10.2 Å². The summed E-state index contributed by atoms with van der Waals surface area (Å²) in [6.45, 7) is 1.71. The highest BCUT2D eigenvalue weighted by Gasteiger charge is 2.23. The van der Waals surface area contributed by atoms with Crippen LogP contribution in [0.3, 0.4) is 0 Å². The van der Waals surface area contributed by atoms with E-state index >= 15 is 0 Å². The number of aromatic nitrogens is 1. The highest BCUT2D eigenvalue weighted by atomic mass is 35.5. The molecule has 0 amide bonds. The quantitative estimate of drug-likeness (QED) is 0.668. The summed E-state index contributed by atoms with van der Waals surface area (Å²) in [6, 6.07) is 1.70. The Morgan fingerprint density at radius 2 is 2.50 bits per heavy atom. The molecule has 1 unspecified atom stereocenters. The lowest BCUT2D eigenvalue weighted by molar-refractivity contribution is -0.384. The van der Waals surface area contributed by atoms with E-state index < -0.39 is 4.92 Å². The van der Waals surface area contributed by atoms with Crippen LogP contribution in [-0.4, -0.2) is 36.1 Å². The minimum absolute atomic E-state index is 0.0528. The van der Waals surface area contributed by atoms with Crippen molar-refractivity contribution in [2.24, 2.45) is 0 Å². The van der Waals surface area contributed by atoms with Gasteiger partial charge in [0.25, 0.3) is 0 Å². The molecule has 6 nitrogen and oxygen atoms in total. The van der Waals surface area contributed by atoms with Crippen molar-refractivity contribution in [2.75, 3.05) is 25.0 Å². The van der Waals surface area contributed by atoms with Crippen LogP contribution in [-0.2, 0) is 0 Å². The van der Waals surface area contributed by atoms with Gasteiger partial charge >= 0.3 is 5.69 Å². The monoisotopic (exact) mass is 270 g/mol. The van der Waals surface area contributed by atoms with Crippen LogP contribution in [0.5, 0.6) is 0 Å². The van der Waals surface area contributed by atoms with Gasteiger partial charge in [-0.3, -0.25) is 10.1 Å². The van der Waals surface area contributed by atoms with E-state index in [1.165, 1.54) is 12.3 Å². The predicted octanol–water partition coefficient (Wildman–Crippen LogP) is 1.83. The molecule has 2 rings (SSSR count). The number of nitrogens with one attached hydrogen (secondary N) is 1. The second-order valence-corrected chi connectivity index (χ2v) is 4.86. The van der Waals surface area contributed by atoms with Gasteiger partial charge in [0.15, 0.2) is 0 Å². The van der Waals surface area contributed by atoms with Crippen molar-refractivity contribution in [1.29, 1.82) is 0 Å². The summed E-state index contributed by atoms with van der Waals surface area (Å²) in [6.07, 6.45) is 3.67. The molecule has 7 heteroatoms. The summed E-state index contributed by atoms with van der Waals surface area (Å²) in [5.41, 5.74) is -0.0528. The van der Waals surface area contributed by atoms with Crippen LogP contribution in [0.4, 0.5) is 11.5 Å². The Morgan fingerprint density at radius 3 is 3.11 bits per heavy atom. The summed E-state index contributed by atoms with van der Waals surface area (Å²) in [7, 11) is 1.81. The summed E-state index contributed by atoms with van der Waals surface area (Å²) < 4.78 is 0. The van der Waals surface area contributed by atoms with Crippen molar-refractivity contribution < 1.29 is 4.92 Å². The van der Waals surface area contributed by atoms with Gasteiger partial charge in [0, 0.05) is 31.9 Å². The highest BCUT2D eigenvalue weighted by molar-refractivity contribution is 6.30. The lowest BCUT2D eigenvalue weighted by atomic mass is 10.2. The lowest BCUT2D eigenvalue weighted by Crippen LogP contribution is -2.35. The highest BCUT2D eigenvalue weighted by Crippen LogP contribution is 2.27. The number of pyridine rings is 1. The third kappa shape index (κ3) is 2.88. The summed E-state index contributed by atoms with van der Waals surface area (Å²) in [4.78, 5) is 16.4. The molecule has 1 aliphatic heterocycles. The van der Waals surface area contributed by atoms with Crippen LogP contribution in [0.25, 0.3) is 0 Å². The topological polar surface area (TPSA) is 71.3 Å². The number of halogens is 1. The zero-order valence-corrected chi connectivity index (χ0v) is 10.9. The molecule has 18 heavy (non-hydrogen) atoms. The van der Waals surface area contributed by atoms with Crippen LogP contribution >= 0.6 is 11.6 Å². The number of hydrogen-bond acceptors (Lipinski definition) is 5. The van der Waals surface area contributed by atoms with E-state index in [-0.39, 0.29) is 10.7 Å². The van der Waals surface area contributed by atoms with Gasteiger partial charge in [0.1, 0.15) is 0 Å². The van der Waals surface area contributed by atoms with Gasteiger partial charge in [0.05, 0.1) is 9.95 Å². The van der Waals surface area contributed by atoms with Crippen LogP contribution in [0.1, 0.15) is 12.8 Å². The maximum Gasteiger partial charge on any atom is 0.313 e. The zero-order valence-electron chi connectivity index (χ0n) is 10.1. The first-order valence-corrected chi connectivity index (χ1v) is 6.20. The Hall–Kier alpha value is -1.40. The van der Waals surface area contributed by atoms with Gasteiger partial charge in [0.2, 0.25) is 5.82 Å². The maximum atomic E-state index is 11.0. The van der Waals surface area contributed by atoms with Crippen LogP contribution in [0.2, 0.25) is 5.02 Å². The summed E-state index contributed by atoms with van der Waals surface area (Å²) in [5, 5.41) is 14.6. The van der Waals surface area contributed by atoms with E-state index in [1.54, 1.807) is 4.90 Å². The number of hydrogen-bond donors (Lipinski definition) is 1. The first-order valence-electron chi connectivity index (χ1n) is 5.82. The van der Waals surface area contributed by atoms with Crippen molar-refractivity contribution in [2.45, 2.75) is 18.9 Å². The first kappa shape index (κ1) is 13.0. The van der Waals surface area contributed by atoms with E-state index in [0.717, 1.165) is 19.4 Å². The third-order valence-corrected chi connectivity index (χ3v) is 3.24. The van der Waals surface area contributed by atoms with Gasteiger partial charge in [-0.2, -0.15) is 0 Å². The molecular weight excluding hydrogens is 256 g/mol. The van der Waals surface area contributed by atoms with Crippen LogP contribution in [0, 0.1) is 10.1 Å². The van der Waals surface area contributed by atoms with Crippen molar-refractivity contribution in [3.63, 3.8) is 0 Å². The number of nitrogens with zero attached hydrogens (tertiary/aromatic N) is 3. The smallest absolute Gasteiger partial charge is 0.313 e. The zero-order chi connectivity index (χ0) is 13.1. The molecule has 2 heterocycles. The minimum atomic E-state index is -0.452. The molecule has 1 fully saturated rings. The molecule has 0 saturated carbocycles. The molecule has 1 N–H and O–H groups in total. The van der Waals surface area contributed by atoms with Crippen LogP contribution in [0.15, 0.2) is 12.3 Å². The van der Waals surface area contributed by atoms with E-state index in [2.05, 4.69) is 10.3 Å². The fourth-order valence-electron chi connectivity index (χ4n) is 2.18.